The van der Waals surface area contributed by atoms with E-state index in [9.17, 15) is 0 Å². The van der Waals surface area contributed by atoms with Crippen LogP contribution >= 0.6 is 11.6 Å². The van der Waals surface area contributed by atoms with E-state index in [-0.39, 0.29) is 5.54 Å². The van der Waals surface area contributed by atoms with E-state index >= 15 is 0 Å². The van der Waals surface area contributed by atoms with Crippen molar-refractivity contribution in [2.45, 2.75) is 44.6 Å². The normalized spacial score (nSPS) is 16.4. The number of hydrogen-bond donors (Lipinski definition) is 1. The Hall–Kier alpha value is -2.40. The molecule has 4 rings (SSSR count). The summed E-state index contributed by atoms with van der Waals surface area (Å²) >= 11 is 6.34. The number of rotatable bonds is 4. The number of aromatic nitrogens is 4. The van der Waals surface area contributed by atoms with Gasteiger partial charge < -0.3 is 5.32 Å². The first-order valence-corrected chi connectivity index (χ1v) is 9.45. The number of benzene rings is 2. The predicted molar refractivity (Wildman–Crippen MR) is 104 cm³/mol. The number of nitrogens with one attached hydrogen (secondary N) is 1. The zero-order valence-electron chi connectivity index (χ0n) is 14.8. The minimum absolute atomic E-state index is 0.280. The Labute approximate surface area is 158 Å². The second kappa shape index (κ2) is 7.08. The van der Waals surface area contributed by atoms with Crippen molar-refractivity contribution in [3.8, 4) is 5.69 Å². The molecule has 0 bridgehead atoms. The van der Waals surface area contributed by atoms with E-state index in [1.54, 1.807) is 0 Å². The standard InChI is InChI=1S/C20H22ClN5/c1-15-17(21)11-8-12-18(15)26-19(23-24-25-26)20(13-6-3-7-14-20)22-16-9-4-2-5-10-16/h2,4-5,8-12,22H,3,6-7,13-14H2,1H3. The van der Waals surface area contributed by atoms with Gasteiger partial charge in [0, 0.05) is 10.7 Å². The fourth-order valence-corrected chi connectivity index (χ4v) is 4.00. The molecular formula is C20H22ClN5. The van der Waals surface area contributed by atoms with Gasteiger partial charge in [0.2, 0.25) is 0 Å². The molecule has 1 aliphatic rings. The van der Waals surface area contributed by atoms with E-state index in [1.807, 2.05) is 48.0 Å². The summed E-state index contributed by atoms with van der Waals surface area (Å²) in [6.07, 6.45) is 5.56. The van der Waals surface area contributed by atoms with Gasteiger partial charge in [0.25, 0.3) is 0 Å². The molecule has 1 N–H and O–H groups in total. The SMILES string of the molecule is Cc1c(Cl)cccc1-n1nnnc1C1(Nc2ccccc2)CCCCC1. The van der Waals surface area contributed by atoms with E-state index in [1.165, 1.54) is 6.42 Å². The molecule has 2 aromatic carbocycles. The van der Waals surface area contributed by atoms with Gasteiger partial charge in [0.05, 0.1) is 11.2 Å². The molecule has 3 aromatic rings. The molecule has 1 fully saturated rings. The molecule has 5 nitrogen and oxygen atoms in total. The van der Waals surface area contributed by atoms with Gasteiger partial charge in [-0.1, -0.05) is 55.1 Å². The third-order valence-corrected chi connectivity index (χ3v) is 5.64. The topological polar surface area (TPSA) is 55.6 Å². The summed E-state index contributed by atoms with van der Waals surface area (Å²) in [5.74, 6) is 0.853. The van der Waals surface area contributed by atoms with Crippen molar-refractivity contribution in [2.75, 3.05) is 5.32 Å². The van der Waals surface area contributed by atoms with E-state index in [0.29, 0.717) is 0 Å². The van der Waals surface area contributed by atoms with Crippen LogP contribution in [0.3, 0.4) is 0 Å². The molecule has 1 aliphatic carbocycles. The third kappa shape index (κ3) is 3.07. The number of para-hydroxylation sites is 1. The zero-order chi connectivity index (χ0) is 18.0. The zero-order valence-corrected chi connectivity index (χ0v) is 15.6. The average molecular weight is 368 g/mol. The highest BCUT2D eigenvalue weighted by Crippen LogP contribution is 2.40. The fraction of sp³-hybridized carbons (Fsp3) is 0.350. The second-order valence-electron chi connectivity index (χ2n) is 6.93. The van der Waals surface area contributed by atoms with Crippen LogP contribution in [0.15, 0.2) is 48.5 Å². The van der Waals surface area contributed by atoms with Crippen molar-refractivity contribution in [3.05, 3.63) is 64.9 Å². The van der Waals surface area contributed by atoms with Crippen LogP contribution in [0.5, 0.6) is 0 Å². The number of nitrogens with zero attached hydrogens (tertiary/aromatic N) is 4. The summed E-state index contributed by atoms with van der Waals surface area (Å²) in [6.45, 7) is 2.00. The molecule has 0 radical (unpaired) electrons. The predicted octanol–water partition coefficient (Wildman–Crippen LogP) is 4.90. The van der Waals surface area contributed by atoms with Gasteiger partial charge in [-0.05, 0) is 60.0 Å². The van der Waals surface area contributed by atoms with Gasteiger partial charge in [-0.2, -0.15) is 4.68 Å². The third-order valence-electron chi connectivity index (χ3n) is 5.23. The van der Waals surface area contributed by atoms with Crippen LogP contribution in [-0.4, -0.2) is 20.2 Å². The van der Waals surface area contributed by atoms with Crippen LogP contribution < -0.4 is 5.32 Å². The summed E-state index contributed by atoms with van der Waals surface area (Å²) in [5.41, 5.74) is 2.72. The van der Waals surface area contributed by atoms with Crippen LogP contribution in [0, 0.1) is 6.92 Å². The molecule has 0 atom stereocenters. The van der Waals surface area contributed by atoms with Gasteiger partial charge in [-0.25, -0.2) is 0 Å². The van der Waals surface area contributed by atoms with Crippen LogP contribution in [0.2, 0.25) is 5.02 Å². The Balaban J connectivity index is 1.81. The van der Waals surface area contributed by atoms with Crippen molar-refractivity contribution in [3.63, 3.8) is 0 Å². The maximum absolute atomic E-state index is 6.34. The maximum Gasteiger partial charge on any atom is 0.181 e. The first-order valence-electron chi connectivity index (χ1n) is 9.07. The molecule has 1 aromatic heterocycles. The highest BCUT2D eigenvalue weighted by molar-refractivity contribution is 6.31. The minimum atomic E-state index is -0.280. The van der Waals surface area contributed by atoms with E-state index < -0.39 is 0 Å². The van der Waals surface area contributed by atoms with Gasteiger partial charge in [0.1, 0.15) is 0 Å². The lowest BCUT2D eigenvalue weighted by Crippen LogP contribution is -2.40. The quantitative estimate of drug-likeness (QED) is 0.712. The van der Waals surface area contributed by atoms with Crippen LogP contribution in [0.25, 0.3) is 5.69 Å². The molecule has 134 valence electrons. The van der Waals surface area contributed by atoms with E-state index in [2.05, 4.69) is 33.0 Å². The van der Waals surface area contributed by atoms with Crippen LogP contribution in [0.4, 0.5) is 5.69 Å². The summed E-state index contributed by atoms with van der Waals surface area (Å²) in [7, 11) is 0. The van der Waals surface area contributed by atoms with Crippen molar-refractivity contribution in [2.24, 2.45) is 0 Å². The van der Waals surface area contributed by atoms with Crippen LogP contribution in [-0.2, 0) is 5.54 Å². The highest BCUT2D eigenvalue weighted by Gasteiger charge is 2.39. The maximum atomic E-state index is 6.34. The highest BCUT2D eigenvalue weighted by atomic mass is 35.5. The Kier molecular flexibility index (Phi) is 4.64. The molecule has 0 unspecified atom stereocenters. The Morgan fingerprint density at radius 3 is 2.54 bits per heavy atom. The fourth-order valence-electron chi connectivity index (χ4n) is 3.83. The van der Waals surface area contributed by atoms with Gasteiger partial charge in [-0.3, -0.25) is 0 Å². The summed E-state index contributed by atoms with van der Waals surface area (Å²) in [4.78, 5) is 0. The summed E-state index contributed by atoms with van der Waals surface area (Å²) in [5, 5.41) is 17.2. The van der Waals surface area contributed by atoms with Crippen molar-refractivity contribution < 1.29 is 0 Å². The van der Waals surface area contributed by atoms with Crippen LogP contribution in [0.1, 0.15) is 43.5 Å². The molecule has 6 heteroatoms. The number of tetrazole rings is 1. The Morgan fingerprint density at radius 2 is 1.77 bits per heavy atom. The van der Waals surface area contributed by atoms with Gasteiger partial charge in [0.15, 0.2) is 5.82 Å². The van der Waals surface area contributed by atoms with E-state index in [0.717, 1.165) is 53.5 Å². The molecular weight excluding hydrogens is 346 g/mol. The Morgan fingerprint density at radius 1 is 1.00 bits per heavy atom. The van der Waals surface area contributed by atoms with Crippen molar-refractivity contribution in [1.29, 1.82) is 0 Å². The lowest BCUT2D eigenvalue weighted by Gasteiger charge is -2.37. The van der Waals surface area contributed by atoms with Gasteiger partial charge in [-0.15, -0.1) is 5.10 Å². The average Bonchev–Trinajstić information content (AvgIpc) is 3.16. The van der Waals surface area contributed by atoms with Gasteiger partial charge >= 0.3 is 0 Å². The molecule has 1 saturated carbocycles. The molecule has 26 heavy (non-hydrogen) atoms. The lowest BCUT2D eigenvalue weighted by molar-refractivity contribution is 0.309. The summed E-state index contributed by atoms with van der Waals surface area (Å²) < 4.78 is 1.85. The van der Waals surface area contributed by atoms with Crippen molar-refractivity contribution in [1.82, 2.24) is 20.2 Å². The number of anilines is 1. The molecule has 0 aliphatic heterocycles. The molecule has 0 saturated heterocycles. The monoisotopic (exact) mass is 367 g/mol. The van der Waals surface area contributed by atoms with E-state index in [4.69, 9.17) is 11.6 Å². The molecule has 0 amide bonds. The number of hydrogen-bond acceptors (Lipinski definition) is 4. The second-order valence-corrected chi connectivity index (χ2v) is 7.34. The molecule has 1 heterocycles. The molecule has 0 spiro atoms. The first kappa shape index (κ1) is 17.0. The van der Waals surface area contributed by atoms with Crippen molar-refractivity contribution >= 4 is 17.3 Å². The number of halogens is 1. The minimum Gasteiger partial charge on any atom is -0.373 e. The lowest BCUT2D eigenvalue weighted by atomic mass is 9.80. The first-order chi connectivity index (χ1) is 12.7. The summed E-state index contributed by atoms with van der Waals surface area (Å²) in [6, 6.07) is 16.1. The smallest absolute Gasteiger partial charge is 0.181 e. The largest absolute Gasteiger partial charge is 0.373 e. The Bertz CT molecular complexity index is 884.